The Labute approximate surface area is 85.1 Å². The summed E-state index contributed by atoms with van der Waals surface area (Å²) in [5, 5.41) is 0. The molecule has 0 radical (unpaired) electrons. The molecular weight excluding hydrogens is 211 g/mol. The maximum Gasteiger partial charge on any atom is 0.573 e. The van der Waals surface area contributed by atoms with Crippen molar-refractivity contribution in [3.8, 4) is 5.75 Å². The highest BCUT2D eigenvalue weighted by molar-refractivity contribution is 6.70. The summed E-state index contributed by atoms with van der Waals surface area (Å²) < 4.78 is 52.4. The van der Waals surface area contributed by atoms with E-state index in [9.17, 15) is 17.6 Å². The van der Waals surface area contributed by atoms with E-state index in [1.165, 1.54) is 0 Å². The summed E-state index contributed by atoms with van der Waals surface area (Å²) in [6.45, 7) is 3.19. The Balaban J connectivity index is 2.98. The lowest BCUT2D eigenvalue weighted by atomic mass is 9.49. The van der Waals surface area contributed by atoms with Crippen LogP contribution in [-0.4, -0.2) is 13.1 Å². The van der Waals surface area contributed by atoms with Crippen molar-refractivity contribution in [3.05, 3.63) is 24.0 Å². The van der Waals surface area contributed by atoms with E-state index in [-0.39, 0.29) is 12.2 Å². The predicted molar refractivity (Wildman–Crippen MR) is 50.2 cm³/mol. The second-order valence-electron chi connectivity index (χ2n) is 3.39. The van der Waals surface area contributed by atoms with Gasteiger partial charge < -0.3 is 4.74 Å². The number of hydrogen-bond donors (Lipinski definition) is 0. The van der Waals surface area contributed by atoms with Crippen LogP contribution >= 0.6 is 0 Å². The normalized spacial score (nSPS) is 11.3. The van der Waals surface area contributed by atoms with Crippen LogP contribution in [0.5, 0.6) is 5.75 Å². The summed E-state index contributed by atoms with van der Waals surface area (Å²) >= 11 is 0. The molecule has 82 valence electrons. The molecule has 1 aromatic carbocycles. The molecule has 1 nitrogen and oxygen atoms in total. The molecule has 0 fully saturated rings. The first-order valence-electron chi connectivity index (χ1n) is 4.35. The first kappa shape index (κ1) is 11.9. The summed E-state index contributed by atoms with van der Waals surface area (Å²) in [5.41, 5.74) is 0.205. The molecule has 1 aromatic rings. The minimum atomic E-state index is -4.74. The van der Waals surface area contributed by atoms with Gasteiger partial charge in [-0.05, 0) is 23.7 Å². The molecule has 1 rings (SSSR count). The van der Waals surface area contributed by atoms with Gasteiger partial charge >= 0.3 is 6.36 Å². The van der Waals surface area contributed by atoms with E-state index in [1.54, 1.807) is 13.6 Å². The fourth-order valence-electron chi connectivity index (χ4n) is 1.16. The Morgan fingerprint density at radius 3 is 2.27 bits per heavy atom. The van der Waals surface area contributed by atoms with Crippen molar-refractivity contribution in [2.24, 2.45) is 0 Å². The fraction of sp³-hybridized carbons (Fsp3) is 0.333. The average Bonchev–Trinajstić information content (AvgIpc) is 2.05. The van der Waals surface area contributed by atoms with Crippen LogP contribution in [0.1, 0.15) is 0 Å². The topological polar surface area (TPSA) is 9.23 Å². The van der Waals surface area contributed by atoms with E-state index >= 15 is 0 Å². The second kappa shape index (κ2) is 4.12. The Morgan fingerprint density at radius 2 is 1.80 bits per heavy atom. The quantitative estimate of drug-likeness (QED) is 0.549. The summed E-state index contributed by atoms with van der Waals surface area (Å²) in [4.78, 5) is 0. The highest BCUT2D eigenvalue weighted by Gasteiger charge is 2.31. The number of rotatable bonds is 2. The SMILES string of the molecule is CB(C)c1cc(OC(F)(F)F)ccc1F. The molecule has 0 bridgehead atoms. The van der Waals surface area contributed by atoms with Gasteiger partial charge in [0.1, 0.15) is 11.6 Å². The van der Waals surface area contributed by atoms with E-state index in [0.717, 1.165) is 18.2 Å². The van der Waals surface area contributed by atoms with Crippen LogP contribution in [0.2, 0.25) is 13.6 Å². The van der Waals surface area contributed by atoms with Crippen LogP contribution in [0.25, 0.3) is 0 Å². The molecule has 0 aromatic heterocycles. The Morgan fingerprint density at radius 1 is 1.20 bits per heavy atom. The molecule has 0 atom stereocenters. The largest absolute Gasteiger partial charge is 0.573 e. The Hall–Kier alpha value is -1.20. The van der Waals surface area contributed by atoms with Crippen LogP contribution in [-0.2, 0) is 0 Å². The lowest BCUT2D eigenvalue weighted by Gasteiger charge is -2.11. The van der Waals surface area contributed by atoms with Gasteiger partial charge in [-0.1, -0.05) is 13.6 Å². The molecule has 0 unspecified atom stereocenters. The van der Waals surface area contributed by atoms with Gasteiger partial charge in [-0.3, -0.25) is 0 Å². The van der Waals surface area contributed by atoms with Gasteiger partial charge in [-0.15, -0.1) is 13.2 Å². The number of alkyl halides is 3. The number of halogens is 4. The number of benzene rings is 1. The van der Waals surface area contributed by atoms with E-state index < -0.39 is 17.9 Å². The summed E-state index contributed by atoms with van der Waals surface area (Å²) in [6.07, 6.45) is -4.74. The van der Waals surface area contributed by atoms with Crippen molar-refractivity contribution in [2.45, 2.75) is 20.0 Å². The van der Waals surface area contributed by atoms with Crippen molar-refractivity contribution in [1.29, 1.82) is 0 Å². The third-order valence-corrected chi connectivity index (χ3v) is 1.82. The van der Waals surface area contributed by atoms with Crippen molar-refractivity contribution >= 4 is 12.2 Å². The van der Waals surface area contributed by atoms with Crippen molar-refractivity contribution in [3.63, 3.8) is 0 Å². The average molecular weight is 220 g/mol. The van der Waals surface area contributed by atoms with Gasteiger partial charge in [-0.2, -0.15) is 0 Å². The molecule has 0 aliphatic rings. The van der Waals surface area contributed by atoms with Crippen molar-refractivity contribution in [1.82, 2.24) is 0 Å². The van der Waals surface area contributed by atoms with E-state index in [4.69, 9.17) is 0 Å². The zero-order valence-corrected chi connectivity index (χ0v) is 8.23. The molecule has 0 aliphatic heterocycles. The van der Waals surface area contributed by atoms with Crippen molar-refractivity contribution < 1.29 is 22.3 Å². The molecule has 0 amide bonds. The molecular formula is C9H9BF4O. The van der Waals surface area contributed by atoms with Crippen LogP contribution in [0.4, 0.5) is 17.6 Å². The number of hydrogen-bond acceptors (Lipinski definition) is 1. The predicted octanol–water partition coefficient (Wildman–Crippen LogP) is 2.69. The fourth-order valence-corrected chi connectivity index (χ4v) is 1.16. The molecule has 0 saturated carbocycles. The lowest BCUT2D eigenvalue weighted by molar-refractivity contribution is -0.274. The lowest BCUT2D eigenvalue weighted by Crippen LogP contribution is -2.27. The van der Waals surface area contributed by atoms with Gasteiger partial charge in [0.05, 0.1) is 0 Å². The van der Waals surface area contributed by atoms with Crippen LogP contribution < -0.4 is 10.2 Å². The standard InChI is InChI=1S/C9H9BF4O/c1-10(2)7-5-6(3-4-8(7)11)15-9(12,13)14/h3-5H,1-2H3. The summed E-state index contributed by atoms with van der Waals surface area (Å²) in [6, 6.07) is 2.98. The smallest absolute Gasteiger partial charge is 0.406 e. The Kier molecular flexibility index (Phi) is 3.26. The zero-order valence-electron chi connectivity index (χ0n) is 8.23. The maximum atomic E-state index is 13.1. The van der Waals surface area contributed by atoms with Crippen LogP contribution in [0.15, 0.2) is 18.2 Å². The molecule has 6 heteroatoms. The number of ether oxygens (including phenoxy) is 1. The Bertz CT molecular complexity index is 348. The zero-order chi connectivity index (χ0) is 11.6. The monoisotopic (exact) mass is 220 g/mol. The molecule has 0 saturated heterocycles. The molecule has 0 N–H and O–H groups in total. The highest BCUT2D eigenvalue weighted by atomic mass is 19.4. The third-order valence-electron chi connectivity index (χ3n) is 1.82. The molecule has 0 aliphatic carbocycles. The minimum absolute atomic E-state index is 0.193. The van der Waals surface area contributed by atoms with Gasteiger partial charge in [0.25, 0.3) is 0 Å². The second-order valence-corrected chi connectivity index (χ2v) is 3.39. The van der Waals surface area contributed by atoms with Gasteiger partial charge in [-0.25, -0.2) is 4.39 Å². The van der Waals surface area contributed by atoms with Gasteiger partial charge in [0.2, 0.25) is 0 Å². The van der Waals surface area contributed by atoms with Crippen LogP contribution in [0, 0.1) is 5.82 Å². The summed E-state index contributed by atoms with van der Waals surface area (Å²) in [5.74, 6) is -0.924. The van der Waals surface area contributed by atoms with Gasteiger partial charge in [0, 0.05) is 0 Å². The summed E-state index contributed by atoms with van der Waals surface area (Å²) in [7, 11) is 0. The van der Waals surface area contributed by atoms with E-state index in [2.05, 4.69) is 4.74 Å². The molecule has 0 heterocycles. The first-order valence-corrected chi connectivity index (χ1v) is 4.35. The van der Waals surface area contributed by atoms with Gasteiger partial charge in [0.15, 0.2) is 6.71 Å². The first-order chi connectivity index (χ1) is 6.79. The minimum Gasteiger partial charge on any atom is -0.406 e. The molecule has 0 spiro atoms. The van der Waals surface area contributed by atoms with Crippen LogP contribution in [0.3, 0.4) is 0 Å². The van der Waals surface area contributed by atoms with E-state index in [0.29, 0.717) is 0 Å². The maximum absolute atomic E-state index is 13.1. The van der Waals surface area contributed by atoms with E-state index in [1.807, 2.05) is 0 Å². The third kappa shape index (κ3) is 3.45. The van der Waals surface area contributed by atoms with Crippen molar-refractivity contribution in [2.75, 3.05) is 0 Å². The molecule has 15 heavy (non-hydrogen) atoms. The highest BCUT2D eigenvalue weighted by Crippen LogP contribution is 2.22.